The van der Waals surface area contributed by atoms with Gasteiger partial charge in [0.15, 0.2) is 5.65 Å². The van der Waals surface area contributed by atoms with Gasteiger partial charge in [-0.2, -0.15) is 0 Å². The Morgan fingerprint density at radius 3 is 2.48 bits per heavy atom. The third-order valence-electron chi connectivity index (χ3n) is 5.01. The standard InChI is InChI=1S/C23H18Cl2N4O3S/c1-3-15-4-8-18(9-5-15)33(31,32)28-23(30)21-11-10-20-22(27-21)29(14(2)26-20)13-16-6-7-17(24)12-19(16)25/h3-12H,1,13H2,2H3,(H,28,30). The minimum Gasteiger partial charge on any atom is -0.308 e. The second kappa shape index (κ2) is 8.97. The van der Waals surface area contributed by atoms with Gasteiger partial charge in [0.05, 0.1) is 11.4 Å². The van der Waals surface area contributed by atoms with E-state index in [-0.39, 0.29) is 10.6 Å². The minimum atomic E-state index is -4.08. The second-order valence-corrected chi connectivity index (χ2v) is 9.75. The molecule has 1 amide bonds. The van der Waals surface area contributed by atoms with Crippen molar-refractivity contribution < 1.29 is 13.2 Å². The van der Waals surface area contributed by atoms with E-state index in [0.717, 1.165) is 11.1 Å². The van der Waals surface area contributed by atoms with Crippen LogP contribution in [-0.2, 0) is 16.6 Å². The van der Waals surface area contributed by atoms with Crippen LogP contribution >= 0.6 is 23.2 Å². The van der Waals surface area contributed by atoms with E-state index in [2.05, 4.69) is 21.3 Å². The number of aromatic nitrogens is 3. The first-order valence-electron chi connectivity index (χ1n) is 9.75. The van der Waals surface area contributed by atoms with Crippen LogP contribution in [0, 0.1) is 6.92 Å². The van der Waals surface area contributed by atoms with Crippen molar-refractivity contribution in [2.24, 2.45) is 0 Å². The largest absolute Gasteiger partial charge is 0.308 e. The summed E-state index contributed by atoms with van der Waals surface area (Å²) in [6.45, 7) is 5.79. The van der Waals surface area contributed by atoms with Crippen LogP contribution in [0.3, 0.4) is 0 Å². The lowest BCUT2D eigenvalue weighted by molar-refractivity contribution is 0.0977. The molecule has 4 rings (SSSR count). The predicted molar refractivity (Wildman–Crippen MR) is 129 cm³/mol. The van der Waals surface area contributed by atoms with Gasteiger partial charge in [0.2, 0.25) is 0 Å². The van der Waals surface area contributed by atoms with Crippen molar-refractivity contribution in [1.29, 1.82) is 0 Å². The van der Waals surface area contributed by atoms with Gasteiger partial charge in [-0.1, -0.05) is 54.1 Å². The number of sulfonamides is 1. The van der Waals surface area contributed by atoms with Crippen LogP contribution in [0.5, 0.6) is 0 Å². The Morgan fingerprint density at radius 1 is 1.09 bits per heavy atom. The van der Waals surface area contributed by atoms with Crippen molar-refractivity contribution in [2.75, 3.05) is 0 Å². The number of carbonyl (C=O) groups is 1. The van der Waals surface area contributed by atoms with Crippen LogP contribution in [0.15, 0.2) is 66.1 Å². The molecule has 168 valence electrons. The van der Waals surface area contributed by atoms with Crippen LogP contribution < -0.4 is 4.72 Å². The first kappa shape index (κ1) is 23.0. The summed E-state index contributed by atoms with van der Waals surface area (Å²) >= 11 is 12.3. The first-order valence-corrected chi connectivity index (χ1v) is 12.0. The predicted octanol–water partition coefficient (Wildman–Crippen LogP) is 4.86. The van der Waals surface area contributed by atoms with Crippen molar-refractivity contribution in [1.82, 2.24) is 19.3 Å². The van der Waals surface area contributed by atoms with Crippen LogP contribution in [0.1, 0.15) is 27.4 Å². The molecule has 2 aromatic carbocycles. The Kier molecular flexibility index (Phi) is 6.25. The van der Waals surface area contributed by atoms with Gasteiger partial charge in [-0.15, -0.1) is 0 Å². The molecule has 0 aliphatic heterocycles. The highest BCUT2D eigenvalue weighted by Gasteiger charge is 2.21. The highest BCUT2D eigenvalue weighted by Crippen LogP contribution is 2.24. The van der Waals surface area contributed by atoms with Crippen LogP contribution in [0.4, 0.5) is 0 Å². The van der Waals surface area contributed by atoms with Crippen molar-refractivity contribution in [2.45, 2.75) is 18.4 Å². The lowest BCUT2D eigenvalue weighted by atomic mass is 10.2. The summed E-state index contributed by atoms with van der Waals surface area (Å²) in [5.74, 6) is -0.185. The van der Waals surface area contributed by atoms with Gasteiger partial charge >= 0.3 is 0 Å². The molecule has 1 N–H and O–H groups in total. The molecular formula is C23H18Cl2N4O3S. The Morgan fingerprint density at radius 2 is 1.82 bits per heavy atom. The molecule has 0 radical (unpaired) electrons. The Bertz CT molecular complexity index is 1500. The van der Waals surface area contributed by atoms with Crippen molar-refractivity contribution in [3.8, 4) is 0 Å². The van der Waals surface area contributed by atoms with Crippen LogP contribution in [0.25, 0.3) is 17.2 Å². The average molecular weight is 501 g/mol. The number of rotatable bonds is 6. The molecule has 4 aromatic rings. The third-order valence-corrected chi connectivity index (χ3v) is 6.95. The summed E-state index contributed by atoms with van der Waals surface area (Å²) in [5.41, 5.74) is 2.50. The van der Waals surface area contributed by atoms with E-state index in [9.17, 15) is 13.2 Å². The maximum atomic E-state index is 12.7. The quantitative estimate of drug-likeness (QED) is 0.408. The van der Waals surface area contributed by atoms with E-state index in [0.29, 0.717) is 33.6 Å². The van der Waals surface area contributed by atoms with Gasteiger partial charge in [0.25, 0.3) is 15.9 Å². The SMILES string of the molecule is C=Cc1ccc(S(=O)(=O)NC(=O)c2ccc3nc(C)n(Cc4ccc(Cl)cc4Cl)c3n2)cc1. The van der Waals surface area contributed by atoms with Crippen LogP contribution in [-0.4, -0.2) is 28.9 Å². The monoisotopic (exact) mass is 500 g/mol. The summed E-state index contributed by atoms with van der Waals surface area (Å²) < 4.78 is 29.1. The molecule has 7 nitrogen and oxygen atoms in total. The molecule has 0 spiro atoms. The number of amides is 1. The van der Waals surface area contributed by atoms with Crippen molar-refractivity contribution >= 4 is 56.4 Å². The maximum Gasteiger partial charge on any atom is 0.283 e. The fourth-order valence-electron chi connectivity index (χ4n) is 3.27. The third kappa shape index (κ3) is 4.78. The molecule has 0 unspecified atom stereocenters. The van der Waals surface area contributed by atoms with Gasteiger partial charge in [-0.25, -0.2) is 23.1 Å². The van der Waals surface area contributed by atoms with Crippen molar-refractivity contribution in [3.05, 3.63) is 93.9 Å². The summed E-state index contributed by atoms with van der Waals surface area (Å²) in [6.07, 6.45) is 1.59. The van der Waals surface area contributed by atoms with E-state index in [1.807, 2.05) is 6.92 Å². The topological polar surface area (TPSA) is 94.0 Å². The van der Waals surface area contributed by atoms with E-state index in [1.165, 1.54) is 18.2 Å². The van der Waals surface area contributed by atoms with Gasteiger partial charge in [0, 0.05) is 10.0 Å². The smallest absolute Gasteiger partial charge is 0.283 e. The summed E-state index contributed by atoms with van der Waals surface area (Å²) in [5, 5.41) is 1.01. The summed E-state index contributed by atoms with van der Waals surface area (Å²) in [4.78, 5) is 21.5. The lowest BCUT2D eigenvalue weighted by Gasteiger charge is -2.10. The molecule has 0 aliphatic rings. The van der Waals surface area contributed by atoms with E-state index >= 15 is 0 Å². The zero-order valence-corrected chi connectivity index (χ0v) is 19.7. The number of halogens is 2. The molecule has 0 fully saturated rings. The number of carbonyl (C=O) groups excluding carboxylic acids is 1. The minimum absolute atomic E-state index is 0.0409. The lowest BCUT2D eigenvalue weighted by Crippen LogP contribution is -2.31. The van der Waals surface area contributed by atoms with E-state index in [4.69, 9.17) is 23.2 Å². The number of hydrogen-bond donors (Lipinski definition) is 1. The van der Waals surface area contributed by atoms with E-state index in [1.54, 1.807) is 47.0 Å². The summed E-state index contributed by atoms with van der Waals surface area (Å²) in [6, 6.07) is 14.2. The second-order valence-electron chi connectivity index (χ2n) is 7.23. The number of fused-ring (bicyclic) bond motifs is 1. The Labute approximate surface area is 200 Å². The number of pyridine rings is 1. The molecule has 33 heavy (non-hydrogen) atoms. The highest BCUT2D eigenvalue weighted by atomic mass is 35.5. The van der Waals surface area contributed by atoms with E-state index < -0.39 is 15.9 Å². The highest BCUT2D eigenvalue weighted by molar-refractivity contribution is 7.90. The molecule has 0 aliphatic carbocycles. The number of nitrogens with zero attached hydrogens (tertiary/aromatic N) is 3. The molecule has 0 saturated heterocycles. The van der Waals surface area contributed by atoms with Gasteiger partial charge in [-0.3, -0.25) is 4.79 Å². The van der Waals surface area contributed by atoms with Gasteiger partial charge in [0.1, 0.15) is 17.0 Å². The fraction of sp³-hybridized carbons (Fsp3) is 0.0870. The maximum absolute atomic E-state index is 12.7. The first-order chi connectivity index (χ1) is 15.7. The Hall–Kier alpha value is -3.20. The number of imidazole rings is 1. The van der Waals surface area contributed by atoms with Gasteiger partial charge < -0.3 is 4.57 Å². The normalized spacial score (nSPS) is 11.5. The molecule has 0 saturated carbocycles. The van der Waals surface area contributed by atoms with Crippen LogP contribution in [0.2, 0.25) is 10.0 Å². The molecule has 0 bridgehead atoms. The zero-order chi connectivity index (χ0) is 23.8. The molecular weight excluding hydrogens is 483 g/mol. The zero-order valence-electron chi connectivity index (χ0n) is 17.4. The summed E-state index contributed by atoms with van der Waals surface area (Å²) in [7, 11) is -4.08. The average Bonchev–Trinajstić information content (AvgIpc) is 3.09. The Balaban J connectivity index is 1.65. The van der Waals surface area contributed by atoms with Gasteiger partial charge in [-0.05, 0) is 54.4 Å². The molecule has 2 heterocycles. The molecule has 0 atom stereocenters. The number of benzene rings is 2. The number of hydrogen-bond acceptors (Lipinski definition) is 5. The molecule has 10 heteroatoms. The molecule has 2 aromatic heterocycles. The number of nitrogens with one attached hydrogen (secondary N) is 1. The number of aryl methyl sites for hydroxylation is 1. The van der Waals surface area contributed by atoms with Crippen molar-refractivity contribution in [3.63, 3.8) is 0 Å². The fourth-order valence-corrected chi connectivity index (χ4v) is 4.70.